The average molecular weight is 915 g/mol. The van der Waals surface area contributed by atoms with Crippen LogP contribution in [0.15, 0.2) is 0 Å². The lowest BCUT2D eigenvalue weighted by atomic mass is 9.71. The topological polar surface area (TPSA) is 189 Å². The quantitative estimate of drug-likeness (QED) is 0.207. The number of aliphatic carboxylic acids is 1. The summed E-state index contributed by atoms with van der Waals surface area (Å²) >= 11 is 0. The number of ether oxygens (including phenoxy) is 12. The van der Waals surface area contributed by atoms with Gasteiger partial charge in [-0.05, 0) is 79.1 Å². The standard InChI is InChI=1S/C48H82O16/c1-24-21-25(2)46(10,51)63-40(24)35-16-15-33(58-35)34-17-19-37(59-34)45(9)42(56-14)28(5)48(64-45)26(3)36(54-12)22-31(60-48)23-38-44(8,62-39-20-18-32(53-11)30(7)57-39)41(55-13)27(4)47(52,61-38)29(6)43(49)50/h24-42,51-52H,15-23H2,1-14H3,(H,49,50)/t24-,25+,26+,27-,28+,29-,30+,31-,32-,33+,34-,35+,36+,37+,38-,39-,40-,41-,42+,44-,45+,46-,47-,48+/m0/s1. The molecule has 0 saturated carbocycles. The van der Waals surface area contributed by atoms with Crippen LogP contribution in [0.25, 0.3) is 0 Å². The monoisotopic (exact) mass is 915 g/mol. The molecule has 370 valence electrons. The Hall–Kier alpha value is -1.09. The van der Waals surface area contributed by atoms with E-state index in [1.165, 1.54) is 6.92 Å². The molecule has 64 heavy (non-hydrogen) atoms. The van der Waals surface area contributed by atoms with Gasteiger partial charge in [0.05, 0.1) is 73.2 Å². The Morgan fingerprint density at radius 2 is 1.34 bits per heavy atom. The molecule has 0 aromatic rings. The van der Waals surface area contributed by atoms with Gasteiger partial charge in [0.1, 0.15) is 17.1 Å². The molecule has 16 heteroatoms. The van der Waals surface area contributed by atoms with Gasteiger partial charge in [-0.1, -0.05) is 34.6 Å². The van der Waals surface area contributed by atoms with Crippen LogP contribution in [0.5, 0.6) is 0 Å². The average Bonchev–Trinajstić information content (AvgIpc) is 3.98. The van der Waals surface area contributed by atoms with Gasteiger partial charge in [-0.3, -0.25) is 4.79 Å². The Balaban J connectivity index is 1.13. The maximum atomic E-state index is 12.5. The second kappa shape index (κ2) is 19.0. The molecular weight excluding hydrogens is 833 g/mol. The van der Waals surface area contributed by atoms with Crippen molar-refractivity contribution < 1.29 is 77.0 Å². The molecule has 0 radical (unpaired) electrons. The van der Waals surface area contributed by atoms with E-state index in [-0.39, 0.29) is 78.9 Å². The highest BCUT2D eigenvalue weighted by Gasteiger charge is 2.70. The number of aliphatic hydroxyl groups is 2. The molecule has 7 rings (SSSR count). The van der Waals surface area contributed by atoms with Crippen molar-refractivity contribution in [2.24, 2.45) is 35.5 Å². The fourth-order valence-electron chi connectivity index (χ4n) is 13.3. The smallest absolute Gasteiger partial charge is 0.311 e. The van der Waals surface area contributed by atoms with Crippen LogP contribution in [0.1, 0.15) is 127 Å². The van der Waals surface area contributed by atoms with Crippen LogP contribution in [-0.2, 0) is 61.6 Å². The fourth-order valence-corrected chi connectivity index (χ4v) is 13.3. The lowest BCUT2D eigenvalue weighted by Crippen LogP contribution is -2.71. The fraction of sp³-hybridized carbons (Fsp3) is 0.979. The summed E-state index contributed by atoms with van der Waals surface area (Å²) in [6.45, 7) is 19.2. The first-order valence-electron chi connectivity index (χ1n) is 24.2. The summed E-state index contributed by atoms with van der Waals surface area (Å²) in [4.78, 5) is 12.5. The van der Waals surface area contributed by atoms with E-state index < -0.39 is 77.1 Å². The SMILES string of the molecule is CO[C@H]1CC[C@H](O[C@@]2(C)[C@H](C[C@@H]3C[C@@H](OC)[C@@H](C)[C@@]4(O3)O[C@](C)([C@H]3CC[C@@H]([C@H]5CC[C@H]([C@H]6O[C@](C)(O)[C@H](C)C[C@@H]6C)O5)O3)[C@H](OC)[C@H]4C)O[C@](O)([C@@H](C)C(=O)O)[C@@H](C)[C@@H]2OC)O[C@@H]1C. The molecule has 0 amide bonds. The van der Waals surface area contributed by atoms with Crippen molar-refractivity contribution in [3.63, 3.8) is 0 Å². The zero-order chi connectivity index (χ0) is 46.9. The third-order valence-electron chi connectivity index (χ3n) is 17.4. The molecule has 7 heterocycles. The zero-order valence-electron chi connectivity index (χ0n) is 41.0. The van der Waals surface area contributed by atoms with Crippen molar-refractivity contribution in [1.82, 2.24) is 0 Å². The molecule has 0 aliphatic carbocycles. The molecule has 0 aromatic carbocycles. The molecule has 0 bridgehead atoms. The van der Waals surface area contributed by atoms with E-state index in [1.807, 2.05) is 20.8 Å². The minimum absolute atomic E-state index is 0.0384. The van der Waals surface area contributed by atoms with Crippen LogP contribution < -0.4 is 0 Å². The molecule has 7 fully saturated rings. The van der Waals surface area contributed by atoms with Gasteiger partial charge in [-0.2, -0.15) is 0 Å². The van der Waals surface area contributed by atoms with Crippen LogP contribution in [0.2, 0.25) is 0 Å². The second-order valence-electron chi connectivity index (χ2n) is 21.3. The van der Waals surface area contributed by atoms with Crippen LogP contribution in [0.4, 0.5) is 0 Å². The summed E-state index contributed by atoms with van der Waals surface area (Å²) in [5.74, 6) is -8.05. The van der Waals surface area contributed by atoms with Gasteiger partial charge in [-0.25, -0.2) is 0 Å². The molecule has 1 spiro atoms. The zero-order valence-corrected chi connectivity index (χ0v) is 41.0. The lowest BCUT2D eigenvalue weighted by molar-refractivity contribution is -0.403. The Kier molecular flexibility index (Phi) is 15.1. The Morgan fingerprint density at radius 1 is 0.703 bits per heavy atom. The number of hydrogen-bond acceptors (Lipinski definition) is 15. The Morgan fingerprint density at radius 3 is 1.97 bits per heavy atom. The van der Waals surface area contributed by atoms with Crippen molar-refractivity contribution in [1.29, 1.82) is 0 Å². The first kappa shape index (κ1) is 50.8. The van der Waals surface area contributed by atoms with Gasteiger partial charge in [0.2, 0.25) is 0 Å². The van der Waals surface area contributed by atoms with Crippen LogP contribution in [0, 0.1) is 35.5 Å². The molecule has 0 unspecified atom stereocenters. The maximum absolute atomic E-state index is 12.5. The van der Waals surface area contributed by atoms with E-state index in [0.29, 0.717) is 19.3 Å². The summed E-state index contributed by atoms with van der Waals surface area (Å²) in [5, 5.41) is 33.5. The van der Waals surface area contributed by atoms with Gasteiger partial charge in [-0.15, -0.1) is 0 Å². The number of carboxylic acid groups (broad SMARTS) is 1. The Bertz CT molecular complexity index is 1600. The number of hydrogen-bond donors (Lipinski definition) is 3. The molecule has 16 nitrogen and oxygen atoms in total. The summed E-state index contributed by atoms with van der Waals surface area (Å²) in [7, 11) is 6.61. The molecule has 7 aliphatic rings. The minimum Gasteiger partial charge on any atom is -0.481 e. The maximum Gasteiger partial charge on any atom is 0.311 e. The molecule has 0 aromatic heterocycles. The van der Waals surface area contributed by atoms with Crippen molar-refractivity contribution in [3.8, 4) is 0 Å². The van der Waals surface area contributed by atoms with Gasteiger partial charge >= 0.3 is 5.97 Å². The number of rotatable bonds is 13. The number of methoxy groups -OCH3 is 4. The summed E-state index contributed by atoms with van der Waals surface area (Å²) < 4.78 is 79.0. The second-order valence-corrected chi connectivity index (χ2v) is 21.3. The van der Waals surface area contributed by atoms with E-state index in [0.717, 1.165) is 32.1 Å². The van der Waals surface area contributed by atoms with E-state index >= 15 is 0 Å². The lowest BCUT2D eigenvalue weighted by Gasteiger charge is -2.58. The van der Waals surface area contributed by atoms with Crippen molar-refractivity contribution in [2.75, 3.05) is 28.4 Å². The predicted molar refractivity (Wildman–Crippen MR) is 231 cm³/mol. The predicted octanol–water partition coefficient (Wildman–Crippen LogP) is 5.59. The van der Waals surface area contributed by atoms with Crippen molar-refractivity contribution in [2.45, 2.75) is 235 Å². The third-order valence-corrected chi connectivity index (χ3v) is 17.4. The van der Waals surface area contributed by atoms with Crippen LogP contribution in [0.3, 0.4) is 0 Å². The van der Waals surface area contributed by atoms with Crippen molar-refractivity contribution in [3.05, 3.63) is 0 Å². The van der Waals surface area contributed by atoms with Gasteiger partial charge in [0, 0.05) is 71.4 Å². The summed E-state index contributed by atoms with van der Waals surface area (Å²) in [6.07, 6.45) is 1.06. The molecule has 7 aliphatic heterocycles. The van der Waals surface area contributed by atoms with E-state index in [9.17, 15) is 20.1 Å². The summed E-state index contributed by atoms with van der Waals surface area (Å²) in [6, 6.07) is 0. The van der Waals surface area contributed by atoms with E-state index in [1.54, 1.807) is 42.3 Å². The van der Waals surface area contributed by atoms with Gasteiger partial charge in [0.15, 0.2) is 23.7 Å². The van der Waals surface area contributed by atoms with E-state index in [4.69, 9.17) is 56.8 Å². The highest BCUT2D eigenvalue weighted by Crippen LogP contribution is 2.57. The van der Waals surface area contributed by atoms with Gasteiger partial charge < -0.3 is 72.2 Å². The number of carbonyl (C=O) groups is 1. The molecule has 24 atom stereocenters. The van der Waals surface area contributed by atoms with Crippen molar-refractivity contribution >= 4 is 5.97 Å². The summed E-state index contributed by atoms with van der Waals surface area (Å²) in [5.41, 5.74) is -2.16. The van der Waals surface area contributed by atoms with Crippen LogP contribution >= 0.6 is 0 Å². The normalized spacial score (nSPS) is 54.1. The minimum atomic E-state index is -2.11. The first-order chi connectivity index (χ1) is 30.0. The molecular formula is C48H82O16. The highest BCUT2D eigenvalue weighted by molar-refractivity contribution is 5.70. The largest absolute Gasteiger partial charge is 0.481 e. The number of carboxylic acids is 1. The highest BCUT2D eigenvalue weighted by atomic mass is 16.8. The van der Waals surface area contributed by atoms with E-state index in [2.05, 4.69) is 27.7 Å². The Labute approximate surface area is 381 Å². The van der Waals surface area contributed by atoms with Crippen LogP contribution in [-0.4, -0.2) is 158 Å². The third kappa shape index (κ3) is 8.77. The molecule has 7 saturated heterocycles. The van der Waals surface area contributed by atoms with Gasteiger partial charge in [0.25, 0.3) is 0 Å². The molecule has 3 N–H and O–H groups in total. The first-order valence-corrected chi connectivity index (χ1v) is 24.2.